The minimum absolute atomic E-state index is 0.152. The van der Waals surface area contributed by atoms with E-state index in [1.165, 1.54) is 13.0 Å². The summed E-state index contributed by atoms with van der Waals surface area (Å²) in [5, 5.41) is 9.87. The smallest absolute Gasteiger partial charge is 0.204 e. The van der Waals surface area contributed by atoms with E-state index in [4.69, 9.17) is 9.47 Å². The third-order valence-electron chi connectivity index (χ3n) is 2.06. The highest BCUT2D eigenvalue weighted by Crippen LogP contribution is 2.39. The summed E-state index contributed by atoms with van der Waals surface area (Å²) in [4.78, 5) is 11.2. The molecular weight excluding hydrogens is 208 g/mol. The molecule has 1 aromatic rings. The number of phenolic OH excluding ortho intramolecular Hbond substituents is 1. The fraction of sp³-hybridized carbons (Fsp3) is 0.417. The van der Waals surface area contributed by atoms with E-state index < -0.39 is 0 Å². The van der Waals surface area contributed by atoms with E-state index in [0.717, 1.165) is 0 Å². The van der Waals surface area contributed by atoms with Crippen LogP contribution in [0.5, 0.6) is 17.2 Å². The number of ketones is 1. The Morgan fingerprint density at radius 3 is 2.38 bits per heavy atom. The second-order valence-electron chi connectivity index (χ2n) is 3.21. The molecule has 0 spiro atoms. The first-order valence-corrected chi connectivity index (χ1v) is 5.24. The van der Waals surface area contributed by atoms with Gasteiger partial charge >= 0.3 is 0 Å². The Hall–Kier alpha value is -1.71. The number of hydrogen-bond acceptors (Lipinski definition) is 4. The molecule has 0 heterocycles. The lowest BCUT2D eigenvalue weighted by molar-refractivity contribution is 0.101. The number of phenols is 1. The molecule has 0 aliphatic carbocycles. The predicted octanol–water partition coefficient (Wildman–Crippen LogP) is 2.39. The van der Waals surface area contributed by atoms with E-state index in [1.54, 1.807) is 13.0 Å². The van der Waals surface area contributed by atoms with E-state index in [2.05, 4.69) is 0 Å². The number of Topliss-reactive ketones (excluding diaryl/α,β-unsaturated/α-hetero) is 1. The molecule has 0 aliphatic heterocycles. The SMILES string of the molecule is CCOc1ccc(C(C)=O)c(O)c1OCC. The van der Waals surface area contributed by atoms with E-state index >= 15 is 0 Å². The number of benzene rings is 1. The minimum atomic E-state index is -0.207. The van der Waals surface area contributed by atoms with Gasteiger partial charge < -0.3 is 14.6 Å². The maximum atomic E-state index is 11.2. The highest BCUT2D eigenvalue weighted by molar-refractivity contribution is 5.98. The molecule has 16 heavy (non-hydrogen) atoms. The van der Waals surface area contributed by atoms with Gasteiger partial charge in [-0.25, -0.2) is 0 Å². The van der Waals surface area contributed by atoms with Gasteiger partial charge in [-0.05, 0) is 32.9 Å². The summed E-state index contributed by atoms with van der Waals surface area (Å²) in [5.41, 5.74) is 0.243. The first kappa shape index (κ1) is 12.4. The number of carbonyl (C=O) groups is 1. The van der Waals surface area contributed by atoms with Crippen molar-refractivity contribution in [1.29, 1.82) is 0 Å². The first-order chi connectivity index (χ1) is 7.61. The molecule has 4 heteroatoms. The Kier molecular flexibility index (Phi) is 4.17. The fourth-order valence-electron chi connectivity index (χ4n) is 1.39. The molecular formula is C12H16O4. The van der Waals surface area contributed by atoms with Gasteiger partial charge in [-0.3, -0.25) is 4.79 Å². The van der Waals surface area contributed by atoms with Gasteiger partial charge in [-0.2, -0.15) is 0 Å². The van der Waals surface area contributed by atoms with Crippen molar-refractivity contribution in [3.8, 4) is 17.2 Å². The molecule has 0 amide bonds. The number of rotatable bonds is 5. The van der Waals surface area contributed by atoms with Gasteiger partial charge in [0.2, 0.25) is 5.75 Å². The van der Waals surface area contributed by atoms with Gasteiger partial charge in [0.15, 0.2) is 17.3 Å². The van der Waals surface area contributed by atoms with Crippen molar-refractivity contribution in [2.24, 2.45) is 0 Å². The van der Waals surface area contributed by atoms with E-state index in [9.17, 15) is 9.90 Å². The minimum Gasteiger partial charge on any atom is -0.504 e. The van der Waals surface area contributed by atoms with Crippen LogP contribution in [-0.2, 0) is 0 Å². The number of carbonyl (C=O) groups excluding carboxylic acids is 1. The Balaban J connectivity index is 3.23. The molecule has 0 aromatic heterocycles. The van der Waals surface area contributed by atoms with Crippen molar-refractivity contribution < 1.29 is 19.4 Å². The van der Waals surface area contributed by atoms with Crippen LogP contribution in [0.25, 0.3) is 0 Å². The molecule has 1 N–H and O–H groups in total. The van der Waals surface area contributed by atoms with Crippen LogP contribution in [0.1, 0.15) is 31.1 Å². The topological polar surface area (TPSA) is 55.8 Å². The quantitative estimate of drug-likeness (QED) is 0.780. The number of ether oxygens (including phenoxy) is 2. The third kappa shape index (κ3) is 2.45. The van der Waals surface area contributed by atoms with Crippen molar-refractivity contribution in [3.63, 3.8) is 0 Å². The van der Waals surface area contributed by atoms with Crippen LogP contribution in [0.15, 0.2) is 12.1 Å². The summed E-state index contributed by atoms with van der Waals surface area (Å²) >= 11 is 0. The molecule has 4 nitrogen and oxygen atoms in total. The summed E-state index contributed by atoms with van der Waals surface area (Å²) in [5.74, 6) is 0.325. The number of aromatic hydroxyl groups is 1. The Labute approximate surface area is 94.8 Å². The van der Waals surface area contributed by atoms with Crippen molar-refractivity contribution in [1.82, 2.24) is 0 Å². The summed E-state index contributed by atoms with van der Waals surface area (Å²) in [7, 11) is 0. The summed E-state index contributed by atoms with van der Waals surface area (Å²) in [6.45, 7) is 5.90. The van der Waals surface area contributed by atoms with Crippen molar-refractivity contribution in [3.05, 3.63) is 17.7 Å². The number of hydrogen-bond donors (Lipinski definition) is 1. The standard InChI is InChI=1S/C12H16O4/c1-4-15-10-7-6-9(8(3)13)11(14)12(10)16-5-2/h6-7,14H,4-5H2,1-3H3. The van der Waals surface area contributed by atoms with Gasteiger partial charge in [-0.1, -0.05) is 0 Å². The third-order valence-corrected chi connectivity index (χ3v) is 2.06. The molecule has 0 atom stereocenters. The van der Waals surface area contributed by atoms with E-state index in [-0.39, 0.29) is 22.8 Å². The van der Waals surface area contributed by atoms with Gasteiger partial charge in [0.05, 0.1) is 18.8 Å². The first-order valence-electron chi connectivity index (χ1n) is 5.24. The summed E-state index contributed by atoms with van der Waals surface area (Å²) in [6.07, 6.45) is 0. The van der Waals surface area contributed by atoms with Crippen molar-refractivity contribution in [2.75, 3.05) is 13.2 Å². The lowest BCUT2D eigenvalue weighted by atomic mass is 10.1. The van der Waals surface area contributed by atoms with Gasteiger partial charge in [0.1, 0.15) is 0 Å². The maximum absolute atomic E-state index is 11.2. The van der Waals surface area contributed by atoms with Crippen LogP contribution in [0.2, 0.25) is 0 Å². The van der Waals surface area contributed by atoms with Crippen LogP contribution in [0, 0.1) is 0 Å². The van der Waals surface area contributed by atoms with Crippen molar-refractivity contribution >= 4 is 5.78 Å². The molecule has 0 radical (unpaired) electrons. The van der Waals surface area contributed by atoms with Crippen LogP contribution in [-0.4, -0.2) is 24.1 Å². The van der Waals surface area contributed by atoms with Crippen LogP contribution in [0.4, 0.5) is 0 Å². The van der Waals surface area contributed by atoms with Gasteiger partial charge in [0.25, 0.3) is 0 Å². The van der Waals surface area contributed by atoms with Gasteiger partial charge in [-0.15, -0.1) is 0 Å². The fourth-order valence-corrected chi connectivity index (χ4v) is 1.39. The van der Waals surface area contributed by atoms with E-state index in [0.29, 0.717) is 19.0 Å². The van der Waals surface area contributed by atoms with Crippen LogP contribution >= 0.6 is 0 Å². The molecule has 0 saturated heterocycles. The zero-order valence-electron chi connectivity index (χ0n) is 9.74. The van der Waals surface area contributed by atoms with Crippen LogP contribution in [0.3, 0.4) is 0 Å². The molecule has 1 aromatic carbocycles. The molecule has 1 rings (SSSR count). The molecule has 0 aliphatic rings. The highest BCUT2D eigenvalue weighted by atomic mass is 16.5. The molecule has 0 fully saturated rings. The molecule has 0 bridgehead atoms. The average molecular weight is 224 g/mol. The van der Waals surface area contributed by atoms with E-state index in [1.807, 2.05) is 6.92 Å². The molecule has 88 valence electrons. The van der Waals surface area contributed by atoms with Crippen molar-refractivity contribution in [2.45, 2.75) is 20.8 Å². The molecule has 0 unspecified atom stereocenters. The lowest BCUT2D eigenvalue weighted by Gasteiger charge is -2.13. The predicted molar refractivity (Wildman–Crippen MR) is 60.4 cm³/mol. The summed E-state index contributed by atoms with van der Waals surface area (Å²) in [6, 6.07) is 3.16. The largest absolute Gasteiger partial charge is 0.504 e. The Morgan fingerprint density at radius 2 is 1.88 bits per heavy atom. The normalized spacial score (nSPS) is 9.94. The highest BCUT2D eigenvalue weighted by Gasteiger charge is 2.17. The average Bonchev–Trinajstić information content (AvgIpc) is 2.23. The van der Waals surface area contributed by atoms with Gasteiger partial charge in [0, 0.05) is 0 Å². The van der Waals surface area contributed by atoms with Crippen LogP contribution < -0.4 is 9.47 Å². The zero-order valence-corrected chi connectivity index (χ0v) is 9.74. The second-order valence-corrected chi connectivity index (χ2v) is 3.21. The Morgan fingerprint density at radius 1 is 1.25 bits per heavy atom. The Bertz CT molecular complexity index is 385. The lowest BCUT2D eigenvalue weighted by Crippen LogP contribution is -2.01. The molecule has 0 saturated carbocycles. The summed E-state index contributed by atoms with van der Waals surface area (Å²) < 4.78 is 10.6. The second kappa shape index (κ2) is 5.39. The monoisotopic (exact) mass is 224 g/mol. The zero-order chi connectivity index (χ0) is 12.1. The maximum Gasteiger partial charge on any atom is 0.204 e.